The summed E-state index contributed by atoms with van der Waals surface area (Å²) in [7, 11) is 0. The van der Waals surface area contributed by atoms with E-state index < -0.39 is 0 Å². The summed E-state index contributed by atoms with van der Waals surface area (Å²) in [4.78, 5) is 28.8. The van der Waals surface area contributed by atoms with E-state index in [0.29, 0.717) is 26.2 Å². The Morgan fingerprint density at radius 1 is 0.818 bits per heavy atom. The quantitative estimate of drug-likeness (QED) is 0.642. The lowest BCUT2D eigenvalue weighted by Crippen LogP contribution is -2.64. The third-order valence-electron chi connectivity index (χ3n) is 5.01. The maximum atomic E-state index is 12.1. The highest BCUT2D eigenvalue weighted by atomic mass is 16.2. The average Bonchev–Trinajstić information content (AvgIpc) is 2.33. The second-order valence-corrected chi connectivity index (χ2v) is 8.14. The normalized spacial score (nSPS) is 43.4. The molecule has 0 aliphatic carbocycles. The highest BCUT2D eigenvalue weighted by Crippen LogP contribution is 2.45. The number of carbonyl (C=O) groups excluding carboxylic acids is 2. The van der Waals surface area contributed by atoms with Crippen LogP contribution in [0.25, 0.3) is 0 Å². The first kappa shape index (κ1) is 15.7. The molecular formula is C16H28N4O2. The standard InChI is InChI=1S/C16H28N4O2/c1-15-8-16(2)11-19(9-15)6-13(21)17-4-3-5-18-14(22)7-20(10-15)12-16/h3-12H2,1-2H3,(H,17,21)(H,18,22). The van der Waals surface area contributed by atoms with Crippen molar-refractivity contribution in [2.75, 3.05) is 52.4 Å². The topological polar surface area (TPSA) is 64.7 Å². The number of carbonyl (C=O) groups is 2. The Hall–Kier alpha value is -1.14. The molecule has 0 aromatic carbocycles. The summed E-state index contributed by atoms with van der Waals surface area (Å²) in [6.45, 7) is 10.6. The van der Waals surface area contributed by atoms with Gasteiger partial charge in [-0.3, -0.25) is 19.4 Å². The molecule has 4 heterocycles. The van der Waals surface area contributed by atoms with Crippen molar-refractivity contribution < 1.29 is 9.59 Å². The fourth-order valence-electron chi connectivity index (χ4n) is 4.91. The molecule has 0 aromatic rings. The Morgan fingerprint density at radius 2 is 1.23 bits per heavy atom. The summed E-state index contributed by atoms with van der Waals surface area (Å²) in [5, 5.41) is 5.93. The van der Waals surface area contributed by atoms with Gasteiger partial charge in [0.15, 0.2) is 0 Å². The molecular weight excluding hydrogens is 280 g/mol. The molecule has 2 N–H and O–H groups in total. The lowest BCUT2D eigenvalue weighted by Gasteiger charge is -2.56. The van der Waals surface area contributed by atoms with Gasteiger partial charge in [0.05, 0.1) is 13.1 Å². The van der Waals surface area contributed by atoms with Gasteiger partial charge in [-0.2, -0.15) is 0 Å². The lowest BCUT2D eigenvalue weighted by atomic mass is 9.65. The van der Waals surface area contributed by atoms with E-state index in [1.165, 1.54) is 6.42 Å². The molecule has 0 aromatic heterocycles. The minimum absolute atomic E-state index is 0.104. The minimum atomic E-state index is 0.104. The average molecular weight is 308 g/mol. The molecule has 0 spiro atoms. The van der Waals surface area contributed by atoms with Crippen molar-refractivity contribution in [1.82, 2.24) is 20.4 Å². The Morgan fingerprint density at radius 3 is 1.64 bits per heavy atom. The maximum absolute atomic E-state index is 12.1. The van der Waals surface area contributed by atoms with Crippen molar-refractivity contribution in [1.29, 1.82) is 0 Å². The van der Waals surface area contributed by atoms with Crippen molar-refractivity contribution in [3.8, 4) is 0 Å². The van der Waals surface area contributed by atoms with Crippen molar-refractivity contribution in [2.24, 2.45) is 10.8 Å². The Kier molecular flexibility index (Phi) is 4.16. The number of piperidine rings is 2. The smallest absolute Gasteiger partial charge is 0.234 e. The molecule has 0 atom stereocenters. The number of fused-ring (bicyclic) bond motifs is 8. The molecule has 4 aliphatic heterocycles. The van der Waals surface area contributed by atoms with E-state index in [-0.39, 0.29) is 22.6 Å². The summed E-state index contributed by atoms with van der Waals surface area (Å²) in [6.07, 6.45) is 1.96. The molecule has 4 saturated heterocycles. The molecule has 0 unspecified atom stereocenters. The largest absolute Gasteiger partial charge is 0.355 e. The van der Waals surface area contributed by atoms with Gasteiger partial charge >= 0.3 is 0 Å². The van der Waals surface area contributed by atoms with E-state index in [1.54, 1.807) is 0 Å². The fourth-order valence-corrected chi connectivity index (χ4v) is 4.91. The maximum Gasteiger partial charge on any atom is 0.234 e. The van der Waals surface area contributed by atoms with E-state index in [1.807, 2.05) is 0 Å². The van der Waals surface area contributed by atoms with E-state index >= 15 is 0 Å². The van der Waals surface area contributed by atoms with Crippen LogP contribution in [0, 0.1) is 10.8 Å². The Labute approximate surface area is 132 Å². The van der Waals surface area contributed by atoms with Crippen LogP contribution >= 0.6 is 0 Å². The molecule has 0 saturated carbocycles. The Bertz CT molecular complexity index is 413. The van der Waals surface area contributed by atoms with Crippen molar-refractivity contribution in [2.45, 2.75) is 26.7 Å². The van der Waals surface area contributed by atoms with Crippen LogP contribution in [-0.4, -0.2) is 74.0 Å². The second-order valence-electron chi connectivity index (χ2n) is 8.14. The van der Waals surface area contributed by atoms with Gasteiger partial charge in [-0.05, 0) is 23.7 Å². The van der Waals surface area contributed by atoms with Gasteiger partial charge in [-0.1, -0.05) is 13.8 Å². The van der Waals surface area contributed by atoms with Crippen LogP contribution in [0.2, 0.25) is 0 Å². The molecule has 4 rings (SSSR count). The molecule has 0 radical (unpaired) electrons. The second kappa shape index (κ2) is 5.81. The van der Waals surface area contributed by atoms with Crippen LogP contribution < -0.4 is 10.6 Å². The molecule has 2 amide bonds. The molecule has 22 heavy (non-hydrogen) atoms. The zero-order chi connectivity index (χ0) is 15.8. The summed E-state index contributed by atoms with van der Waals surface area (Å²) in [5.41, 5.74) is 0.325. The number of nitrogens with one attached hydrogen (secondary N) is 2. The predicted octanol–water partition coefficient (Wildman–Crippen LogP) is -0.344. The van der Waals surface area contributed by atoms with Crippen LogP contribution in [-0.2, 0) is 9.59 Å². The van der Waals surface area contributed by atoms with E-state index in [2.05, 4.69) is 34.3 Å². The third kappa shape index (κ3) is 3.60. The van der Waals surface area contributed by atoms with E-state index in [0.717, 1.165) is 32.6 Å². The fraction of sp³-hybridized carbons (Fsp3) is 0.875. The minimum Gasteiger partial charge on any atom is -0.355 e. The summed E-state index contributed by atoms with van der Waals surface area (Å²) in [5.74, 6) is 0.208. The zero-order valence-electron chi connectivity index (χ0n) is 13.8. The van der Waals surface area contributed by atoms with E-state index in [4.69, 9.17) is 0 Å². The number of amides is 2. The van der Waals surface area contributed by atoms with Crippen LogP contribution in [0.15, 0.2) is 0 Å². The number of nitrogens with zero attached hydrogens (tertiary/aromatic N) is 2. The highest BCUT2D eigenvalue weighted by molar-refractivity contribution is 5.78. The van der Waals surface area contributed by atoms with Crippen molar-refractivity contribution in [3.63, 3.8) is 0 Å². The highest BCUT2D eigenvalue weighted by Gasteiger charge is 2.48. The molecule has 6 heteroatoms. The molecule has 124 valence electrons. The summed E-state index contributed by atoms with van der Waals surface area (Å²) < 4.78 is 0. The summed E-state index contributed by atoms with van der Waals surface area (Å²) >= 11 is 0. The van der Waals surface area contributed by atoms with Gasteiger partial charge in [0.2, 0.25) is 11.8 Å². The SMILES string of the molecule is CC12CN3CC(=O)NCCCNC(=O)CN(C1)CC(C)(C3)C2. The van der Waals surface area contributed by atoms with Gasteiger partial charge in [-0.15, -0.1) is 0 Å². The van der Waals surface area contributed by atoms with Crippen LogP contribution in [0.5, 0.6) is 0 Å². The van der Waals surface area contributed by atoms with Crippen LogP contribution in [0.3, 0.4) is 0 Å². The number of hydrogen-bond donors (Lipinski definition) is 2. The van der Waals surface area contributed by atoms with Crippen LogP contribution in [0.4, 0.5) is 0 Å². The Balaban J connectivity index is 1.80. The van der Waals surface area contributed by atoms with Crippen molar-refractivity contribution in [3.05, 3.63) is 0 Å². The third-order valence-corrected chi connectivity index (χ3v) is 5.01. The molecule has 6 nitrogen and oxygen atoms in total. The number of rotatable bonds is 0. The van der Waals surface area contributed by atoms with E-state index in [9.17, 15) is 9.59 Å². The van der Waals surface area contributed by atoms with Crippen molar-refractivity contribution >= 4 is 11.8 Å². The monoisotopic (exact) mass is 308 g/mol. The first-order valence-electron chi connectivity index (χ1n) is 8.34. The van der Waals surface area contributed by atoms with Gasteiger partial charge in [0, 0.05) is 39.3 Å². The lowest BCUT2D eigenvalue weighted by molar-refractivity contribution is -0.130. The summed E-state index contributed by atoms with van der Waals surface area (Å²) in [6, 6.07) is 0. The molecule has 4 bridgehead atoms. The first-order chi connectivity index (χ1) is 10.4. The van der Waals surface area contributed by atoms with Crippen LogP contribution in [0.1, 0.15) is 26.7 Å². The van der Waals surface area contributed by atoms with Gasteiger partial charge in [0.1, 0.15) is 0 Å². The van der Waals surface area contributed by atoms with Gasteiger partial charge in [-0.25, -0.2) is 0 Å². The molecule has 4 aliphatic rings. The molecule has 4 fully saturated rings. The predicted molar refractivity (Wildman–Crippen MR) is 84.3 cm³/mol. The first-order valence-corrected chi connectivity index (χ1v) is 8.34. The zero-order valence-corrected chi connectivity index (χ0v) is 13.8. The van der Waals surface area contributed by atoms with Gasteiger partial charge < -0.3 is 10.6 Å². The number of hydrogen-bond acceptors (Lipinski definition) is 4. The van der Waals surface area contributed by atoms with Gasteiger partial charge in [0.25, 0.3) is 0 Å².